The molecule has 0 fully saturated rings. The lowest BCUT2D eigenvalue weighted by atomic mass is 9.92. The van der Waals surface area contributed by atoms with Crippen molar-refractivity contribution in [2.24, 2.45) is 0 Å². The Balaban J connectivity index is 2.27. The molecule has 2 rings (SSSR count). The first-order valence-electron chi connectivity index (χ1n) is 7.92. The second-order valence-corrected chi connectivity index (χ2v) is 8.66. The van der Waals surface area contributed by atoms with E-state index in [1.165, 1.54) is 0 Å². The number of para-hydroxylation sites is 1. The van der Waals surface area contributed by atoms with Crippen LogP contribution in [0.2, 0.25) is 0 Å². The number of hydrogen-bond donors (Lipinski definition) is 2. The van der Waals surface area contributed by atoms with Gasteiger partial charge in [0, 0.05) is 16.0 Å². The Hall–Kier alpha value is -1.82. The van der Waals surface area contributed by atoms with E-state index in [2.05, 4.69) is 68.1 Å². The van der Waals surface area contributed by atoms with E-state index in [1.807, 2.05) is 35.0 Å². The van der Waals surface area contributed by atoms with E-state index in [0.717, 1.165) is 10.2 Å². The van der Waals surface area contributed by atoms with Gasteiger partial charge >= 0.3 is 6.03 Å². The van der Waals surface area contributed by atoms with Crippen LogP contribution in [0.1, 0.15) is 47.2 Å². The molecule has 0 saturated carbocycles. The number of hydrogen-bond acceptors (Lipinski definition) is 2. The number of aromatic nitrogens is 2. The molecule has 130 valence electrons. The minimum atomic E-state index is -0.298. The number of nitrogens with one attached hydrogen (secondary N) is 2. The number of carbonyl (C=O) groups is 1. The first-order valence-corrected chi connectivity index (χ1v) is 8.71. The highest BCUT2D eigenvalue weighted by atomic mass is 79.9. The average molecular weight is 393 g/mol. The average Bonchev–Trinajstić information content (AvgIpc) is 2.85. The number of anilines is 2. The van der Waals surface area contributed by atoms with Crippen molar-refractivity contribution in [2.45, 2.75) is 52.5 Å². The van der Waals surface area contributed by atoms with Crippen LogP contribution in [0.15, 0.2) is 34.8 Å². The standard InChI is InChI=1S/C18H25BrN4O/c1-17(2,3)14-11-15(23(22-14)18(4,5)6)21-16(24)20-13-10-8-7-9-12(13)19/h7-11H,1-6H3,(H2,20,21,24). The zero-order valence-electron chi connectivity index (χ0n) is 15.1. The topological polar surface area (TPSA) is 59.0 Å². The van der Waals surface area contributed by atoms with E-state index in [4.69, 9.17) is 5.10 Å². The molecule has 6 heteroatoms. The van der Waals surface area contributed by atoms with E-state index < -0.39 is 0 Å². The van der Waals surface area contributed by atoms with Crippen molar-refractivity contribution < 1.29 is 4.79 Å². The summed E-state index contributed by atoms with van der Waals surface area (Å²) < 4.78 is 2.69. The zero-order valence-corrected chi connectivity index (χ0v) is 16.7. The third kappa shape index (κ3) is 4.38. The molecule has 0 radical (unpaired) electrons. The molecule has 0 unspecified atom stereocenters. The van der Waals surface area contributed by atoms with E-state index in [1.54, 1.807) is 0 Å². The first kappa shape index (κ1) is 18.5. The van der Waals surface area contributed by atoms with Gasteiger partial charge in [-0.25, -0.2) is 9.48 Å². The number of carbonyl (C=O) groups excluding carboxylic acids is 1. The SMILES string of the molecule is CC(C)(C)c1cc(NC(=O)Nc2ccccc2Br)n(C(C)(C)C)n1. The van der Waals surface area contributed by atoms with Crippen molar-refractivity contribution in [3.63, 3.8) is 0 Å². The molecule has 0 atom stereocenters. The third-order valence-corrected chi connectivity index (χ3v) is 4.17. The molecule has 0 aliphatic heterocycles. The number of amides is 2. The van der Waals surface area contributed by atoms with Gasteiger partial charge in [0.2, 0.25) is 0 Å². The molecule has 2 aromatic rings. The van der Waals surface area contributed by atoms with E-state index in [0.29, 0.717) is 11.5 Å². The Morgan fingerprint density at radius 3 is 2.25 bits per heavy atom. The van der Waals surface area contributed by atoms with Gasteiger partial charge < -0.3 is 5.32 Å². The minimum Gasteiger partial charge on any atom is -0.307 e. The molecule has 2 amide bonds. The van der Waals surface area contributed by atoms with Crippen molar-refractivity contribution in [1.82, 2.24) is 9.78 Å². The summed E-state index contributed by atoms with van der Waals surface area (Å²) >= 11 is 3.43. The number of nitrogens with zero attached hydrogens (tertiary/aromatic N) is 2. The van der Waals surface area contributed by atoms with Gasteiger partial charge in [-0.3, -0.25) is 5.32 Å². The van der Waals surface area contributed by atoms with Gasteiger partial charge in [0.15, 0.2) is 0 Å². The highest BCUT2D eigenvalue weighted by molar-refractivity contribution is 9.10. The molecule has 0 aliphatic rings. The van der Waals surface area contributed by atoms with Crippen LogP contribution in [0.25, 0.3) is 0 Å². The highest BCUT2D eigenvalue weighted by Gasteiger charge is 2.25. The lowest BCUT2D eigenvalue weighted by molar-refractivity contribution is 0.261. The van der Waals surface area contributed by atoms with Gasteiger partial charge in [0.05, 0.1) is 16.9 Å². The molecular formula is C18H25BrN4O. The van der Waals surface area contributed by atoms with Gasteiger partial charge in [0.1, 0.15) is 5.82 Å². The van der Waals surface area contributed by atoms with Crippen LogP contribution in [0.4, 0.5) is 16.3 Å². The Morgan fingerprint density at radius 1 is 1.08 bits per heavy atom. The van der Waals surface area contributed by atoms with E-state index in [9.17, 15) is 4.79 Å². The maximum atomic E-state index is 12.4. The predicted molar refractivity (Wildman–Crippen MR) is 103 cm³/mol. The van der Waals surface area contributed by atoms with Crippen LogP contribution in [0, 0.1) is 0 Å². The quantitative estimate of drug-likeness (QED) is 0.723. The Morgan fingerprint density at radius 2 is 1.71 bits per heavy atom. The van der Waals surface area contributed by atoms with Crippen LogP contribution >= 0.6 is 15.9 Å². The van der Waals surface area contributed by atoms with Crippen LogP contribution in [0.5, 0.6) is 0 Å². The van der Waals surface area contributed by atoms with Gasteiger partial charge in [-0.15, -0.1) is 0 Å². The largest absolute Gasteiger partial charge is 0.324 e. The van der Waals surface area contributed by atoms with E-state index in [-0.39, 0.29) is 17.0 Å². The van der Waals surface area contributed by atoms with Crippen molar-refractivity contribution in [1.29, 1.82) is 0 Å². The van der Waals surface area contributed by atoms with Gasteiger partial charge in [-0.05, 0) is 48.8 Å². The first-order chi connectivity index (χ1) is 11.0. The van der Waals surface area contributed by atoms with Crippen molar-refractivity contribution in [3.8, 4) is 0 Å². The number of rotatable bonds is 2. The van der Waals surface area contributed by atoms with Crippen molar-refractivity contribution in [2.75, 3.05) is 10.6 Å². The highest BCUT2D eigenvalue weighted by Crippen LogP contribution is 2.28. The molecule has 2 N–H and O–H groups in total. The lowest BCUT2D eigenvalue weighted by Crippen LogP contribution is -2.28. The molecule has 24 heavy (non-hydrogen) atoms. The van der Waals surface area contributed by atoms with Gasteiger partial charge in [-0.2, -0.15) is 5.10 Å². The molecule has 0 aliphatic carbocycles. The molecule has 1 aromatic carbocycles. The summed E-state index contributed by atoms with van der Waals surface area (Å²) in [4.78, 5) is 12.4. The maximum absolute atomic E-state index is 12.4. The van der Waals surface area contributed by atoms with Crippen LogP contribution in [-0.4, -0.2) is 15.8 Å². The Bertz CT molecular complexity index is 738. The second-order valence-electron chi connectivity index (χ2n) is 7.81. The number of halogens is 1. The summed E-state index contributed by atoms with van der Waals surface area (Å²) in [5.41, 5.74) is 1.33. The summed E-state index contributed by atoms with van der Waals surface area (Å²) in [7, 11) is 0. The normalized spacial score (nSPS) is 12.1. The predicted octanol–water partition coefficient (Wildman–Crippen LogP) is 5.34. The minimum absolute atomic E-state index is 0.0914. The van der Waals surface area contributed by atoms with Gasteiger partial charge in [-0.1, -0.05) is 32.9 Å². The van der Waals surface area contributed by atoms with Crippen LogP contribution in [0.3, 0.4) is 0 Å². The molecular weight excluding hydrogens is 368 g/mol. The lowest BCUT2D eigenvalue weighted by Gasteiger charge is -2.23. The summed E-state index contributed by atoms with van der Waals surface area (Å²) in [5.74, 6) is 0.678. The molecule has 0 bridgehead atoms. The Labute approximate surface area is 152 Å². The van der Waals surface area contributed by atoms with Crippen molar-refractivity contribution in [3.05, 3.63) is 40.5 Å². The zero-order chi connectivity index (χ0) is 18.1. The third-order valence-electron chi connectivity index (χ3n) is 3.48. The summed E-state index contributed by atoms with van der Waals surface area (Å²) in [6, 6.07) is 9.13. The fourth-order valence-corrected chi connectivity index (χ4v) is 2.56. The fourth-order valence-electron chi connectivity index (χ4n) is 2.18. The fraction of sp³-hybridized carbons (Fsp3) is 0.444. The molecule has 5 nitrogen and oxygen atoms in total. The van der Waals surface area contributed by atoms with Crippen LogP contribution in [-0.2, 0) is 11.0 Å². The summed E-state index contributed by atoms with van der Waals surface area (Å²) in [5, 5.41) is 10.5. The van der Waals surface area contributed by atoms with Crippen LogP contribution < -0.4 is 10.6 Å². The molecule has 0 spiro atoms. The summed E-state index contributed by atoms with van der Waals surface area (Å²) in [6.45, 7) is 12.5. The maximum Gasteiger partial charge on any atom is 0.324 e. The molecule has 1 heterocycles. The van der Waals surface area contributed by atoms with Crippen molar-refractivity contribution >= 4 is 33.5 Å². The van der Waals surface area contributed by atoms with E-state index >= 15 is 0 Å². The smallest absolute Gasteiger partial charge is 0.307 e. The number of benzene rings is 1. The number of urea groups is 1. The molecule has 1 aromatic heterocycles. The Kier molecular flexibility index (Phi) is 5.08. The monoisotopic (exact) mass is 392 g/mol. The summed E-state index contributed by atoms with van der Waals surface area (Å²) in [6.07, 6.45) is 0. The molecule has 0 saturated heterocycles. The van der Waals surface area contributed by atoms with Gasteiger partial charge in [0.25, 0.3) is 0 Å². The second kappa shape index (κ2) is 6.59.